The van der Waals surface area contributed by atoms with Crippen LogP contribution in [0.25, 0.3) is 0 Å². The molecule has 0 saturated heterocycles. The molecule has 0 unspecified atom stereocenters. The number of hydrogen-bond acceptors (Lipinski definition) is 4. The average molecular weight is 378 g/mol. The highest BCUT2D eigenvalue weighted by Crippen LogP contribution is 2.37. The van der Waals surface area contributed by atoms with Gasteiger partial charge in [0.15, 0.2) is 0 Å². The third-order valence-electron chi connectivity index (χ3n) is 4.91. The summed E-state index contributed by atoms with van der Waals surface area (Å²) in [5, 5.41) is 5.15. The van der Waals surface area contributed by atoms with Gasteiger partial charge in [0.25, 0.3) is 0 Å². The van der Waals surface area contributed by atoms with Crippen molar-refractivity contribution >= 4 is 22.9 Å². The normalized spacial score (nSPS) is 16.6. The minimum atomic E-state index is -0.0286. The van der Waals surface area contributed by atoms with Crippen molar-refractivity contribution in [3.8, 4) is 5.75 Å². The maximum Gasteiger partial charge on any atom is 0.238 e. The van der Waals surface area contributed by atoms with Crippen LogP contribution in [0.3, 0.4) is 0 Å². The van der Waals surface area contributed by atoms with Gasteiger partial charge >= 0.3 is 0 Å². The molecule has 2 heterocycles. The van der Waals surface area contributed by atoms with E-state index in [1.165, 1.54) is 16.0 Å². The molecule has 1 atom stereocenters. The van der Waals surface area contributed by atoms with E-state index in [4.69, 9.17) is 4.74 Å². The Kier molecular flexibility index (Phi) is 5.23. The minimum absolute atomic E-state index is 0.0286. The zero-order valence-electron chi connectivity index (χ0n) is 15.2. The summed E-state index contributed by atoms with van der Waals surface area (Å²) in [6, 6.07) is 20.2. The van der Waals surface area contributed by atoms with E-state index in [1.54, 1.807) is 7.11 Å². The second-order valence-electron chi connectivity index (χ2n) is 6.58. The molecule has 0 saturated carbocycles. The Hall–Kier alpha value is -2.63. The summed E-state index contributed by atoms with van der Waals surface area (Å²) in [4.78, 5) is 16.5. The van der Waals surface area contributed by atoms with Crippen LogP contribution >= 0.6 is 11.3 Å². The molecule has 3 aromatic rings. The maximum atomic E-state index is 12.8. The Morgan fingerprint density at radius 2 is 1.93 bits per heavy atom. The number of carbonyl (C=O) groups excluding carboxylic acids is 1. The first-order chi connectivity index (χ1) is 13.3. The van der Waals surface area contributed by atoms with Crippen molar-refractivity contribution in [1.82, 2.24) is 4.90 Å². The van der Waals surface area contributed by atoms with Crippen molar-refractivity contribution in [2.75, 3.05) is 25.5 Å². The molecule has 0 bridgehead atoms. The first-order valence-corrected chi connectivity index (χ1v) is 9.92. The monoisotopic (exact) mass is 378 g/mol. The lowest BCUT2D eigenvalue weighted by Gasteiger charge is -2.35. The summed E-state index contributed by atoms with van der Waals surface area (Å²) in [7, 11) is 1.61. The van der Waals surface area contributed by atoms with Crippen LogP contribution in [-0.2, 0) is 11.2 Å². The fourth-order valence-corrected chi connectivity index (χ4v) is 4.59. The van der Waals surface area contributed by atoms with Crippen LogP contribution in [0.4, 0.5) is 5.69 Å². The van der Waals surface area contributed by atoms with Gasteiger partial charge in [0, 0.05) is 11.4 Å². The number of carbonyl (C=O) groups is 1. The fraction of sp³-hybridized carbons (Fsp3) is 0.227. The van der Waals surface area contributed by atoms with Gasteiger partial charge in [0.1, 0.15) is 5.75 Å². The summed E-state index contributed by atoms with van der Waals surface area (Å²) in [6.45, 7) is 1.21. The van der Waals surface area contributed by atoms with Crippen molar-refractivity contribution in [1.29, 1.82) is 0 Å². The number of ether oxygens (including phenoxy) is 1. The number of rotatable bonds is 5. The number of fused-ring (bicyclic) bond motifs is 1. The van der Waals surface area contributed by atoms with E-state index in [-0.39, 0.29) is 11.9 Å². The van der Waals surface area contributed by atoms with Crippen LogP contribution < -0.4 is 10.1 Å². The lowest BCUT2D eigenvalue weighted by molar-refractivity contribution is -0.117. The van der Waals surface area contributed by atoms with Gasteiger partial charge in [-0.15, -0.1) is 11.3 Å². The van der Waals surface area contributed by atoms with Crippen molar-refractivity contribution in [2.45, 2.75) is 12.5 Å². The Balaban J connectivity index is 1.56. The van der Waals surface area contributed by atoms with Gasteiger partial charge in [0.05, 0.1) is 25.4 Å². The zero-order chi connectivity index (χ0) is 18.6. The Morgan fingerprint density at radius 3 is 2.74 bits per heavy atom. The molecular weight excluding hydrogens is 356 g/mol. The van der Waals surface area contributed by atoms with Gasteiger partial charge in [0.2, 0.25) is 5.91 Å². The Morgan fingerprint density at radius 1 is 1.15 bits per heavy atom. The van der Waals surface area contributed by atoms with Gasteiger partial charge < -0.3 is 10.1 Å². The number of benzene rings is 2. The smallest absolute Gasteiger partial charge is 0.238 e. The number of amides is 1. The molecule has 5 heteroatoms. The summed E-state index contributed by atoms with van der Waals surface area (Å²) in [5.41, 5.74) is 3.25. The highest BCUT2D eigenvalue weighted by Gasteiger charge is 2.30. The molecule has 1 aliphatic rings. The van der Waals surface area contributed by atoms with E-state index in [2.05, 4.69) is 45.9 Å². The van der Waals surface area contributed by atoms with Crippen molar-refractivity contribution in [3.63, 3.8) is 0 Å². The van der Waals surface area contributed by atoms with Gasteiger partial charge in [-0.2, -0.15) is 0 Å². The van der Waals surface area contributed by atoms with Crippen molar-refractivity contribution in [3.05, 3.63) is 82.0 Å². The number of thiophene rings is 1. The molecule has 0 spiro atoms. The summed E-state index contributed by atoms with van der Waals surface area (Å²) >= 11 is 1.81. The van der Waals surface area contributed by atoms with E-state index in [0.717, 1.165) is 13.0 Å². The van der Waals surface area contributed by atoms with E-state index >= 15 is 0 Å². The van der Waals surface area contributed by atoms with Crippen molar-refractivity contribution < 1.29 is 9.53 Å². The predicted octanol–water partition coefficient (Wildman–Crippen LogP) is 4.34. The van der Waals surface area contributed by atoms with Crippen LogP contribution in [0.5, 0.6) is 5.75 Å². The van der Waals surface area contributed by atoms with E-state index < -0.39 is 0 Å². The third kappa shape index (κ3) is 3.75. The lowest BCUT2D eigenvalue weighted by atomic mass is 9.93. The molecule has 0 aliphatic carbocycles. The van der Waals surface area contributed by atoms with E-state index in [9.17, 15) is 4.79 Å². The molecule has 2 aromatic carbocycles. The number of anilines is 1. The third-order valence-corrected chi connectivity index (χ3v) is 5.91. The second kappa shape index (κ2) is 7.94. The van der Waals surface area contributed by atoms with E-state index in [1.807, 2.05) is 41.7 Å². The topological polar surface area (TPSA) is 41.6 Å². The SMILES string of the molecule is COc1ccccc1NC(=O)CN1CCc2sccc2[C@H]1c1ccccc1. The molecule has 138 valence electrons. The number of para-hydroxylation sites is 2. The molecule has 1 aliphatic heterocycles. The summed E-state index contributed by atoms with van der Waals surface area (Å²) < 4.78 is 5.34. The molecule has 4 rings (SSSR count). The summed E-state index contributed by atoms with van der Waals surface area (Å²) in [6.07, 6.45) is 0.984. The van der Waals surface area contributed by atoms with Crippen LogP contribution in [-0.4, -0.2) is 31.0 Å². The average Bonchev–Trinajstić information content (AvgIpc) is 3.17. The van der Waals surface area contributed by atoms with Gasteiger partial charge in [-0.25, -0.2) is 0 Å². The molecule has 1 N–H and O–H groups in total. The highest BCUT2D eigenvalue weighted by molar-refractivity contribution is 7.10. The number of methoxy groups -OCH3 is 1. The molecule has 1 amide bonds. The molecule has 1 aromatic heterocycles. The predicted molar refractivity (Wildman–Crippen MR) is 110 cm³/mol. The van der Waals surface area contributed by atoms with Gasteiger partial charge in [-0.05, 0) is 41.1 Å². The number of hydrogen-bond donors (Lipinski definition) is 1. The van der Waals surface area contributed by atoms with Crippen LogP contribution in [0.2, 0.25) is 0 Å². The van der Waals surface area contributed by atoms with Crippen LogP contribution in [0.15, 0.2) is 66.0 Å². The fourth-order valence-electron chi connectivity index (χ4n) is 3.69. The van der Waals surface area contributed by atoms with E-state index in [0.29, 0.717) is 18.0 Å². The number of nitrogens with one attached hydrogen (secondary N) is 1. The highest BCUT2D eigenvalue weighted by atomic mass is 32.1. The second-order valence-corrected chi connectivity index (χ2v) is 7.58. The maximum absolute atomic E-state index is 12.8. The minimum Gasteiger partial charge on any atom is -0.495 e. The van der Waals surface area contributed by atoms with Crippen molar-refractivity contribution in [2.24, 2.45) is 0 Å². The van der Waals surface area contributed by atoms with Gasteiger partial charge in [-0.3, -0.25) is 9.69 Å². The van der Waals surface area contributed by atoms with Crippen LogP contribution in [0.1, 0.15) is 22.0 Å². The molecular formula is C22H22N2O2S. The Bertz CT molecular complexity index is 923. The number of nitrogens with zero attached hydrogens (tertiary/aromatic N) is 1. The molecule has 27 heavy (non-hydrogen) atoms. The molecule has 0 radical (unpaired) electrons. The molecule has 4 nitrogen and oxygen atoms in total. The largest absolute Gasteiger partial charge is 0.495 e. The van der Waals surface area contributed by atoms with Gasteiger partial charge in [-0.1, -0.05) is 42.5 Å². The van der Waals surface area contributed by atoms with Crippen LogP contribution in [0, 0.1) is 0 Å². The molecule has 0 fully saturated rings. The Labute approximate surface area is 163 Å². The quantitative estimate of drug-likeness (QED) is 0.718. The standard InChI is InChI=1S/C22H22N2O2S/c1-26-19-10-6-5-9-18(19)23-21(25)15-24-13-11-20-17(12-14-27-20)22(24)16-7-3-2-4-8-16/h2-10,12,14,22H,11,13,15H2,1H3,(H,23,25)/t22-/m1/s1. The lowest BCUT2D eigenvalue weighted by Crippen LogP contribution is -2.40. The summed E-state index contributed by atoms with van der Waals surface area (Å²) in [5.74, 6) is 0.642. The zero-order valence-corrected chi connectivity index (χ0v) is 16.0. The first-order valence-electron chi connectivity index (χ1n) is 9.04. The first kappa shape index (κ1) is 17.8.